The molecule has 4 atom stereocenters. The van der Waals surface area contributed by atoms with Crippen molar-refractivity contribution in [1.82, 2.24) is 13.7 Å². The first-order valence-corrected chi connectivity index (χ1v) is 16.8. The monoisotopic (exact) mass is 663 g/mol. The third kappa shape index (κ3) is 4.96. The number of thiophene rings is 1. The summed E-state index contributed by atoms with van der Waals surface area (Å²) in [6.07, 6.45) is -2.51. The van der Waals surface area contributed by atoms with Crippen LogP contribution in [0.25, 0.3) is 32.2 Å². The highest BCUT2D eigenvalue weighted by molar-refractivity contribution is 7.21. The maximum absolute atomic E-state index is 14.1. The van der Waals surface area contributed by atoms with Gasteiger partial charge in [0.05, 0.1) is 11.7 Å². The van der Waals surface area contributed by atoms with Crippen LogP contribution < -0.4 is 4.90 Å². The van der Waals surface area contributed by atoms with Crippen LogP contribution in [-0.2, 0) is 9.59 Å². The van der Waals surface area contributed by atoms with Crippen molar-refractivity contribution in [2.24, 2.45) is 16.8 Å². The zero-order valence-corrected chi connectivity index (χ0v) is 27.0. The highest BCUT2D eigenvalue weighted by Gasteiger charge is 2.52. The van der Waals surface area contributed by atoms with Crippen molar-refractivity contribution < 1.29 is 18.4 Å². The van der Waals surface area contributed by atoms with Crippen LogP contribution in [-0.4, -0.2) is 43.4 Å². The van der Waals surface area contributed by atoms with E-state index in [1.807, 2.05) is 12.1 Å². The minimum absolute atomic E-state index is 0.0865. The van der Waals surface area contributed by atoms with Crippen molar-refractivity contribution in [3.63, 3.8) is 0 Å². The minimum Gasteiger partial charge on any atom is -0.301 e. The molecule has 2 aliphatic rings. The third-order valence-electron chi connectivity index (χ3n) is 9.10. The van der Waals surface area contributed by atoms with Crippen molar-refractivity contribution >= 4 is 84.3 Å². The smallest absolute Gasteiger partial charge is 0.188 e. The van der Waals surface area contributed by atoms with E-state index in [1.165, 1.54) is 11.1 Å². The van der Waals surface area contributed by atoms with Gasteiger partial charge in [-0.3, -0.25) is 9.59 Å². The molecule has 0 aliphatic heterocycles. The summed E-state index contributed by atoms with van der Waals surface area (Å²) in [5.74, 6) is -2.82. The first kappa shape index (κ1) is 29.6. The number of alkyl halides is 2. The number of halogens is 2. The SMILES string of the molecule is Cc1ccc(N(c2ccc(C)cc2)c2sc(-c3cnc(N=C4C(=O)C5CC(F)C(F)CC5C4=O)c4nsnc34)c3ccccc23)cc1. The van der Waals surface area contributed by atoms with E-state index >= 15 is 0 Å². The maximum atomic E-state index is 14.1. The Hall–Kier alpha value is -4.74. The predicted molar refractivity (Wildman–Crippen MR) is 183 cm³/mol. The normalized spacial score (nSPS) is 21.1. The van der Waals surface area contributed by atoms with Gasteiger partial charge >= 0.3 is 0 Å². The highest BCUT2D eigenvalue weighted by atomic mass is 32.1. The van der Waals surface area contributed by atoms with Crippen LogP contribution in [0.2, 0.25) is 0 Å². The molecule has 6 aromatic rings. The van der Waals surface area contributed by atoms with Crippen LogP contribution in [0.5, 0.6) is 0 Å². The molecule has 3 heterocycles. The lowest BCUT2D eigenvalue weighted by Crippen LogP contribution is -2.35. The molecule has 2 aliphatic carbocycles. The van der Waals surface area contributed by atoms with E-state index in [2.05, 4.69) is 98.1 Å². The summed E-state index contributed by atoms with van der Waals surface area (Å²) in [5.41, 5.74) is 5.71. The molecule has 2 saturated carbocycles. The van der Waals surface area contributed by atoms with Crippen molar-refractivity contribution in [3.8, 4) is 10.4 Å². The van der Waals surface area contributed by atoms with Crippen LogP contribution in [0.3, 0.4) is 0 Å². The second-order valence-corrected chi connectivity index (χ2v) is 13.7. The number of pyridine rings is 1. The number of aryl methyl sites for hydroxylation is 2. The number of carbonyl (C=O) groups is 2. The molecular formula is C36H27F2N5O2S2. The lowest BCUT2D eigenvalue weighted by Gasteiger charge is -2.27. The van der Waals surface area contributed by atoms with Gasteiger partial charge in [-0.1, -0.05) is 59.7 Å². The number of aromatic nitrogens is 3. The first-order chi connectivity index (χ1) is 22.8. The molecule has 2 fully saturated rings. The molecule has 11 heteroatoms. The highest BCUT2D eigenvalue weighted by Crippen LogP contribution is 2.50. The molecule has 0 saturated heterocycles. The molecule has 3 aromatic carbocycles. The van der Waals surface area contributed by atoms with Gasteiger partial charge in [-0.25, -0.2) is 18.8 Å². The molecule has 0 bridgehead atoms. The molecule has 4 unspecified atom stereocenters. The van der Waals surface area contributed by atoms with Crippen molar-refractivity contribution in [2.75, 3.05) is 4.90 Å². The summed E-state index contributed by atoms with van der Waals surface area (Å²) in [4.78, 5) is 38.5. The largest absolute Gasteiger partial charge is 0.301 e. The Morgan fingerprint density at radius 2 is 1.32 bits per heavy atom. The Balaban J connectivity index is 1.26. The van der Waals surface area contributed by atoms with Crippen molar-refractivity contribution in [2.45, 2.75) is 39.0 Å². The van der Waals surface area contributed by atoms with Gasteiger partial charge in [0.1, 0.15) is 28.4 Å². The molecule has 0 amide bonds. The van der Waals surface area contributed by atoms with E-state index in [0.29, 0.717) is 11.0 Å². The maximum Gasteiger partial charge on any atom is 0.188 e. The second kappa shape index (κ2) is 11.5. The lowest BCUT2D eigenvalue weighted by atomic mass is 9.79. The van der Waals surface area contributed by atoms with E-state index in [4.69, 9.17) is 0 Å². The Bertz CT molecular complexity index is 2150. The molecule has 0 spiro atoms. The van der Waals surface area contributed by atoms with Gasteiger partial charge in [0.25, 0.3) is 0 Å². The lowest BCUT2D eigenvalue weighted by molar-refractivity contribution is -0.123. The van der Waals surface area contributed by atoms with Gasteiger partial charge in [0.15, 0.2) is 23.1 Å². The van der Waals surface area contributed by atoms with Crippen LogP contribution in [0, 0.1) is 25.7 Å². The molecular weight excluding hydrogens is 637 g/mol. The van der Waals surface area contributed by atoms with Gasteiger partial charge in [-0.15, -0.1) is 11.3 Å². The zero-order chi connectivity index (χ0) is 32.4. The van der Waals surface area contributed by atoms with E-state index in [9.17, 15) is 18.4 Å². The Kier molecular flexibility index (Phi) is 7.25. The number of ketones is 2. The van der Waals surface area contributed by atoms with E-state index in [-0.39, 0.29) is 24.4 Å². The van der Waals surface area contributed by atoms with Crippen LogP contribution in [0.1, 0.15) is 24.0 Å². The number of aliphatic imine (C=N–C) groups is 1. The van der Waals surface area contributed by atoms with E-state index < -0.39 is 35.7 Å². The number of nitrogens with zero attached hydrogens (tertiary/aromatic N) is 5. The number of hydrogen-bond donors (Lipinski definition) is 0. The molecule has 234 valence electrons. The average molecular weight is 664 g/mol. The van der Waals surface area contributed by atoms with Gasteiger partial charge < -0.3 is 4.90 Å². The predicted octanol–water partition coefficient (Wildman–Crippen LogP) is 8.98. The summed E-state index contributed by atoms with van der Waals surface area (Å²) in [7, 11) is 0. The van der Waals surface area contributed by atoms with Crippen LogP contribution >= 0.6 is 23.1 Å². The summed E-state index contributed by atoms with van der Waals surface area (Å²) in [5, 5.41) is 3.08. The van der Waals surface area contributed by atoms with E-state index in [0.717, 1.165) is 49.3 Å². The molecule has 7 nitrogen and oxygen atoms in total. The van der Waals surface area contributed by atoms with Gasteiger partial charge in [-0.2, -0.15) is 8.75 Å². The molecule has 3 aromatic heterocycles. The number of fused-ring (bicyclic) bond motifs is 3. The average Bonchev–Trinajstić information content (AvgIpc) is 3.77. The molecule has 0 N–H and O–H groups in total. The molecule has 8 rings (SSSR count). The summed E-state index contributed by atoms with van der Waals surface area (Å²) in [6.45, 7) is 4.13. The number of benzene rings is 3. The number of carbonyl (C=O) groups excluding carboxylic acids is 2. The topological polar surface area (TPSA) is 88.4 Å². The van der Waals surface area contributed by atoms with Crippen LogP contribution in [0.4, 0.5) is 31.0 Å². The van der Waals surface area contributed by atoms with Crippen LogP contribution in [0.15, 0.2) is 84.0 Å². The van der Waals surface area contributed by atoms with Crippen molar-refractivity contribution in [3.05, 3.63) is 90.1 Å². The number of hydrogen-bond acceptors (Lipinski definition) is 9. The first-order valence-electron chi connectivity index (χ1n) is 15.3. The fraction of sp³-hybridized carbons (Fsp3) is 0.222. The van der Waals surface area contributed by atoms with E-state index in [1.54, 1.807) is 17.5 Å². The number of anilines is 3. The van der Waals surface area contributed by atoms with Gasteiger partial charge in [0.2, 0.25) is 0 Å². The third-order valence-corrected chi connectivity index (χ3v) is 10.9. The Labute approximate surface area is 276 Å². The Morgan fingerprint density at radius 3 is 1.91 bits per heavy atom. The fourth-order valence-corrected chi connectivity index (χ4v) is 8.48. The second-order valence-electron chi connectivity index (χ2n) is 12.2. The fourth-order valence-electron chi connectivity index (χ4n) is 6.60. The van der Waals surface area contributed by atoms with Gasteiger partial charge in [0, 0.05) is 50.6 Å². The molecule has 47 heavy (non-hydrogen) atoms. The van der Waals surface area contributed by atoms with Gasteiger partial charge in [-0.05, 0) is 51.0 Å². The molecule has 0 radical (unpaired) electrons. The van der Waals surface area contributed by atoms with Crippen molar-refractivity contribution in [1.29, 1.82) is 0 Å². The Morgan fingerprint density at radius 1 is 0.766 bits per heavy atom. The number of Topliss-reactive ketones (excluding diaryl/α,β-unsaturated/α-hetero) is 2. The summed E-state index contributed by atoms with van der Waals surface area (Å²) in [6, 6.07) is 25.0. The quantitative estimate of drug-likeness (QED) is 0.183. The standard InChI is InChI=1S/C36H27F2N5O2S2/c1-18-7-11-20(12-8-18)43(21-13-9-19(2)10-14-21)36-23-6-4-3-5-22(23)34(46-36)26-17-39-35(30-29(26)41-47-42-30)40-31-32(44)24-15-27(37)28(38)16-25(24)33(31)45/h3-14,17,24-25,27-28H,15-16H2,1-2H3. The zero-order valence-electron chi connectivity index (χ0n) is 25.4. The summed E-state index contributed by atoms with van der Waals surface area (Å²) >= 11 is 2.60. The number of rotatable bonds is 5. The minimum atomic E-state index is -1.77. The summed E-state index contributed by atoms with van der Waals surface area (Å²) < 4.78 is 37.3.